The Bertz CT molecular complexity index is 1190. The fraction of sp³-hybridized carbons (Fsp3) is 0.111. The summed E-state index contributed by atoms with van der Waals surface area (Å²) in [5, 5.41) is 25.5. The Balaban J connectivity index is 2.03. The zero-order valence-electron chi connectivity index (χ0n) is 14.1. The molecule has 0 bridgehead atoms. The van der Waals surface area contributed by atoms with E-state index in [2.05, 4.69) is 30.4 Å². The molecule has 4 aromatic rings. The number of rotatable bonds is 2. The number of H-pyrrole nitrogens is 1. The summed E-state index contributed by atoms with van der Waals surface area (Å²) in [5.74, 6) is 0.0654. The van der Waals surface area contributed by atoms with Gasteiger partial charge in [0.25, 0.3) is 0 Å². The van der Waals surface area contributed by atoms with Gasteiger partial charge in [-0.25, -0.2) is 9.97 Å². The zero-order valence-corrected chi connectivity index (χ0v) is 14.1. The predicted molar refractivity (Wildman–Crippen MR) is 96.7 cm³/mol. The van der Waals surface area contributed by atoms with Crippen molar-refractivity contribution in [2.24, 2.45) is 0 Å². The molecule has 26 heavy (non-hydrogen) atoms. The number of benzene rings is 1. The van der Waals surface area contributed by atoms with Gasteiger partial charge in [0.1, 0.15) is 17.5 Å². The Labute approximate surface area is 148 Å². The van der Waals surface area contributed by atoms with Crippen LogP contribution in [-0.4, -0.2) is 30.4 Å². The van der Waals surface area contributed by atoms with E-state index in [9.17, 15) is 5.26 Å². The number of aromatic nitrogens is 6. The van der Waals surface area contributed by atoms with Crippen molar-refractivity contribution < 1.29 is 0 Å². The van der Waals surface area contributed by atoms with Crippen LogP contribution in [0.2, 0.25) is 0 Å². The van der Waals surface area contributed by atoms with Crippen LogP contribution in [0.4, 0.5) is 5.82 Å². The van der Waals surface area contributed by atoms with Crippen molar-refractivity contribution in [3.63, 3.8) is 0 Å². The van der Waals surface area contributed by atoms with Crippen molar-refractivity contribution in [2.45, 2.75) is 13.8 Å². The second-order valence-corrected chi connectivity index (χ2v) is 6.01. The van der Waals surface area contributed by atoms with Crippen molar-refractivity contribution in [2.75, 3.05) is 5.73 Å². The van der Waals surface area contributed by atoms with Crippen molar-refractivity contribution in [3.05, 3.63) is 47.4 Å². The first-order valence-corrected chi connectivity index (χ1v) is 7.88. The molecule has 0 aliphatic rings. The largest absolute Gasteiger partial charge is 0.381 e. The Morgan fingerprint density at radius 2 is 1.92 bits per heavy atom. The summed E-state index contributed by atoms with van der Waals surface area (Å²) in [7, 11) is 0. The third kappa shape index (κ3) is 2.52. The van der Waals surface area contributed by atoms with Gasteiger partial charge >= 0.3 is 0 Å². The van der Waals surface area contributed by atoms with Crippen LogP contribution >= 0.6 is 0 Å². The summed E-state index contributed by atoms with van der Waals surface area (Å²) >= 11 is 0. The van der Waals surface area contributed by atoms with Crippen LogP contribution in [0.15, 0.2) is 30.6 Å². The molecule has 0 saturated carbocycles. The van der Waals surface area contributed by atoms with Gasteiger partial charge in [-0.05, 0) is 43.2 Å². The number of aryl methyl sites for hydroxylation is 2. The smallest absolute Gasteiger partial charge is 0.183 e. The number of nitrogens with one attached hydrogen (secondary N) is 1. The molecule has 0 atom stereocenters. The van der Waals surface area contributed by atoms with E-state index < -0.39 is 0 Å². The first-order valence-electron chi connectivity index (χ1n) is 7.88. The Morgan fingerprint density at radius 1 is 1.08 bits per heavy atom. The van der Waals surface area contributed by atoms with Gasteiger partial charge in [0.15, 0.2) is 11.5 Å². The van der Waals surface area contributed by atoms with Gasteiger partial charge in [0.2, 0.25) is 0 Å². The molecule has 0 spiro atoms. The molecule has 8 heteroatoms. The molecule has 0 fully saturated rings. The van der Waals surface area contributed by atoms with Crippen molar-refractivity contribution in [1.29, 1.82) is 5.26 Å². The van der Waals surface area contributed by atoms with Crippen LogP contribution in [0.5, 0.6) is 0 Å². The predicted octanol–water partition coefficient (Wildman–Crippen LogP) is 2.55. The summed E-state index contributed by atoms with van der Waals surface area (Å²) in [6.07, 6.45) is 3.40. The van der Waals surface area contributed by atoms with E-state index in [4.69, 9.17) is 5.73 Å². The molecule has 3 heterocycles. The van der Waals surface area contributed by atoms with Crippen LogP contribution in [0.3, 0.4) is 0 Å². The molecule has 0 aliphatic heterocycles. The molecule has 0 aliphatic carbocycles. The van der Waals surface area contributed by atoms with Gasteiger partial charge < -0.3 is 5.73 Å². The average molecular weight is 342 g/mol. The molecule has 1 aromatic carbocycles. The summed E-state index contributed by atoms with van der Waals surface area (Å²) in [5.41, 5.74) is 11.2. The third-order valence-corrected chi connectivity index (χ3v) is 4.08. The van der Waals surface area contributed by atoms with Crippen LogP contribution in [0.25, 0.3) is 33.5 Å². The van der Waals surface area contributed by atoms with Crippen LogP contribution in [0, 0.1) is 25.2 Å². The fourth-order valence-electron chi connectivity index (χ4n) is 2.86. The summed E-state index contributed by atoms with van der Waals surface area (Å²) < 4.78 is 0. The average Bonchev–Trinajstić information content (AvgIpc) is 3.10. The molecular weight excluding hydrogens is 328 g/mol. The second-order valence-electron chi connectivity index (χ2n) is 6.01. The number of nitrogens with zero attached hydrogens (tertiary/aromatic N) is 6. The number of nitrogen functional groups attached to an aromatic ring is 1. The quantitative estimate of drug-likeness (QED) is 0.572. The Morgan fingerprint density at radius 3 is 2.69 bits per heavy atom. The van der Waals surface area contributed by atoms with Crippen molar-refractivity contribution >= 4 is 16.7 Å². The number of hydrogen-bond acceptors (Lipinski definition) is 7. The van der Waals surface area contributed by atoms with E-state index in [1.807, 2.05) is 38.1 Å². The number of nitrogens with two attached hydrogens (primary N) is 1. The van der Waals surface area contributed by atoms with Crippen LogP contribution in [-0.2, 0) is 0 Å². The molecule has 3 aromatic heterocycles. The highest BCUT2D eigenvalue weighted by Crippen LogP contribution is 2.32. The molecule has 0 amide bonds. The molecule has 4 rings (SSSR count). The van der Waals surface area contributed by atoms with Gasteiger partial charge in [0.05, 0.1) is 23.6 Å². The Hall–Kier alpha value is -3.86. The molecule has 0 saturated heterocycles. The van der Waals surface area contributed by atoms with E-state index >= 15 is 0 Å². The van der Waals surface area contributed by atoms with Gasteiger partial charge in [-0.1, -0.05) is 0 Å². The molecular formula is C18H14N8. The fourth-order valence-corrected chi connectivity index (χ4v) is 2.86. The first-order chi connectivity index (χ1) is 12.6. The zero-order chi connectivity index (χ0) is 18.3. The lowest BCUT2D eigenvalue weighted by Crippen LogP contribution is -2.04. The molecule has 0 unspecified atom stereocenters. The highest BCUT2D eigenvalue weighted by molar-refractivity contribution is 5.89. The minimum Gasteiger partial charge on any atom is -0.381 e. The maximum atomic E-state index is 9.31. The molecule has 126 valence electrons. The minimum absolute atomic E-state index is 0.0654. The highest BCUT2D eigenvalue weighted by Gasteiger charge is 2.18. The van der Waals surface area contributed by atoms with Gasteiger partial charge in [-0.15, -0.1) is 5.10 Å². The number of nitriles is 1. The van der Waals surface area contributed by atoms with Crippen LogP contribution in [0.1, 0.15) is 16.8 Å². The maximum absolute atomic E-state index is 9.31. The normalized spacial score (nSPS) is 10.8. The molecule has 3 N–H and O–H groups in total. The van der Waals surface area contributed by atoms with Gasteiger partial charge in [0, 0.05) is 10.9 Å². The summed E-state index contributed by atoms with van der Waals surface area (Å²) in [6, 6.07) is 7.76. The summed E-state index contributed by atoms with van der Waals surface area (Å²) in [4.78, 5) is 8.85. The first kappa shape index (κ1) is 15.7. The molecule has 8 nitrogen and oxygen atoms in total. The van der Waals surface area contributed by atoms with E-state index in [0.717, 1.165) is 27.6 Å². The number of fused-ring (bicyclic) bond motifs is 1. The van der Waals surface area contributed by atoms with E-state index in [-0.39, 0.29) is 11.5 Å². The number of anilines is 1. The number of aromatic amines is 1. The lowest BCUT2D eigenvalue weighted by Gasteiger charge is -2.11. The SMILES string of the molecule is Cc1cnnc(-c2nc(N)c(C#N)nc2-c2cc(C)c3[nH]ncc3c2)c1. The van der Waals surface area contributed by atoms with Gasteiger partial charge in [-0.3, -0.25) is 5.10 Å². The molecule has 0 radical (unpaired) electrons. The lowest BCUT2D eigenvalue weighted by molar-refractivity contribution is 1.01. The summed E-state index contributed by atoms with van der Waals surface area (Å²) in [6.45, 7) is 3.89. The third-order valence-electron chi connectivity index (χ3n) is 4.08. The van der Waals surface area contributed by atoms with E-state index in [0.29, 0.717) is 17.1 Å². The van der Waals surface area contributed by atoms with Crippen molar-refractivity contribution in [1.82, 2.24) is 30.4 Å². The van der Waals surface area contributed by atoms with E-state index in [1.165, 1.54) is 0 Å². The van der Waals surface area contributed by atoms with Crippen molar-refractivity contribution in [3.8, 4) is 28.7 Å². The maximum Gasteiger partial charge on any atom is 0.183 e. The van der Waals surface area contributed by atoms with Gasteiger partial charge in [-0.2, -0.15) is 15.5 Å². The lowest BCUT2D eigenvalue weighted by atomic mass is 10.0. The monoisotopic (exact) mass is 342 g/mol. The second kappa shape index (κ2) is 5.89. The van der Waals surface area contributed by atoms with E-state index in [1.54, 1.807) is 12.4 Å². The standard InChI is InChI=1S/C18H14N8/c1-9-3-13(25-21-7-9)17-16(23-14(6-19)18(20)24-17)11-4-10(2)15-12(5-11)8-22-26-15/h3-5,7-8H,1-2H3,(H2,20,24)(H,22,26). The topological polar surface area (TPSA) is 130 Å². The van der Waals surface area contributed by atoms with Crippen LogP contribution < -0.4 is 5.73 Å². The highest BCUT2D eigenvalue weighted by atomic mass is 15.1. The number of hydrogen-bond donors (Lipinski definition) is 2. The Kier molecular flexibility index (Phi) is 3.55. The minimum atomic E-state index is 0.0654.